The summed E-state index contributed by atoms with van der Waals surface area (Å²) in [5.74, 6) is -0.368. The minimum Gasteiger partial charge on any atom is -0.384 e. The summed E-state index contributed by atoms with van der Waals surface area (Å²) in [7, 11) is 3.43. The molecular formula is C18H22FN3O2. The van der Waals surface area contributed by atoms with Crippen molar-refractivity contribution in [1.29, 1.82) is 0 Å². The number of β-amino-alcohol motifs (C(OH)–C–C–N with tert-alkyl or cyclic N) is 1. The summed E-state index contributed by atoms with van der Waals surface area (Å²) in [4.78, 5) is 18.7. The molecule has 1 aliphatic rings. The minimum absolute atomic E-state index is 0.0644. The van der Waals surface area contributed by atoms with Crippen LogP contribution in [0.3, 0.4) is 0 Å². The molecule has 1 aromatic carbocycles. The van der Waals surface area contributed by atoms with E-state index in [0.717, 1.165) is 17.8 Å². The summed E-state index contributed by atoms with van der Waals surface area (Å²) in [6.45, 7) is 1.85. The average Bonchev–Trinajstić information content (AvgIpc) is 3.15. The number of aromatic nitrogens is 1. The molecule has 2 heterocycles. The normalized spacial score (nSPS) is 21.2. The van der Waals surface area contributed by atoms with Crippen molar-refractivity contribution in [2.45, 2.75) is 18.6 Å². The highest BCUT2D eigenvalue weighted by Gasteiger charge is 2.37. The van der Waals surface area contributed by atoms with E-state index in [4.69, 9.17) is 0 Å². The van der Waals surface area contributed by atoms with Gasteiger partial charge in [-0.2, -0.15) is 0 Å². The van der Waals surface area contributed by atoms with Gasteiger partial charge >= 0.3 is 0 Å². The molecule has 0 bridgehead atoms. The van der Waals surface area contributed by atoms with Crippen molar-refractivity contribution >= 4 is 5.91 Å². The Morgan fingerprint density at radius 1 is 1.29 bits per heavy atom. The molecule has 1 amide bonds. The zero-order valence-corrected chi connectivity index (χ0v) is 13.9. The first-order valence-electron chi connectivity index (χ1n) is 7.98. The predicted molar refractivity (Wildman–Crippen MR) is 89.0 cm³/mol. The minimum atomic E-state index is -0.956. The molecule has 5 nitrogen and oxygen atoms in total. The zero-order valence-electron chi connectivity index (χ0n) is 13.9. The molecule has 1 saturated heterocycles. The molecule has 128 valence electrons. The smallest absolute Gasteiger partial charge is 0.269 e. The molecule has 3 rings (SSSR count). The number of nitrogens with one attached hydrogen (secondary N) is 1. The summed E-state index contributed by atoms with van der Waals surface area (Å²) >= 11 is 0. The molecule has 1 aliphatic heterocycles. The number of likely N-dealkylation sites (tertiary alicyclic amines) is 1. The second kappa shape index (κ2) is 6.37. The highest BCUT2D eigenvalue weighted by Crippen LogP contribution is 2.32. The van der Waals surface area contributed by atoms with Crippen LogP contribution in [-0.4, -0.2) is 53.0 Å². The lowest BCUT2D eigenvalue weighted by Gasteiger charge is -2.24. The maximum Gasteiger partial charge on any atom is 0.269 e. The van der Waals surface area contributed by atoms with Crippen LogP contribution in [0.5, 0.6) is 0 Å². The predicted octanol–water partition coefficient (Wildman–Crippen LogP) is 1.95. The SMILES string of the molecule is CN(C)C(=O)c1ccc(CN2CCC(O)(c3ccc(F)cc3)C2)[nH]1. The third kappa shape index (κ3) is 3.34. The van der Waals surface area contributed by atoms with Crippen LogP contribution in [0.1, 0.15) is 28.2 Å². The molecule has 1 fully saturated rings. The molecule has 0 radical (unpaired) electrons. The lowest BCUT2D eigenvalue weighted by Crippen LogP contribution is -2.30. The van der Waals surface area contributed by atoms with Gasteiger partial charge in [-0.3, -0.25) is 9.69 Å². The first kappa shape index (κ1) is 16.7. The van der Waals surface area contributed by atoms with Crippen molar-refractivity contribution in [1.82, 2.24) is 14.8 Å². The fourth-order valence-electron chi connectivity index (χ4n) is 3.14. The maximum absolute atomic E-state index is 13.1. The summed E-state index contributed by atoms with van der Waals surface area (Å²) in [6, 6.07) is 9.70. The first-order valence-corrected chi connectivity index (χ1v) is 7.98. The number of nitrogens with zero attached hydrogens (tertiary/aromatic N) is 2. The highest BCUT2D eigenvalue weighted by atomic mass is 19.1. The van der Waals surface area contributed by atoms with E-state index in [1.165, 1.54) is 17.0 Å². The Bertz CT molecular complexity index is 726. The third-order valence-corrected chi connectivity index (χ3v) is 4.49. The number of aliphatic hydroxyl groups is 1. The van der Waals surface area contributed by atoms with Crippen molar-refractivity contribution in [2.75, 3.05) is 27.2 Å². The van der Waals surface area contributed by atoms with Crippen LogP contribution in [0.4, 0.5) is 4.39 Å². The van der Waals surface area contributed by atoms with E-state index in [1.807, 2.05) is 6.07 Å². The summed E-state index contributed by atoms with van der Waals surface area (Å²) in [5.41, 5.74) is 1.27. The number of rotatable bonds is 4. The van der Waals surface area contributed by atoms with E-state index in [0.29, 0.717) is 25.2 Å². The number of hydrogen-bond acceptors (Lipinski definition) is 3. The fraction of sp³-hybridized carbons (Fsp3) is 0.389. The van der Waals surface area contributed by atoms with Crippen molar-refractivity contribution < 1.29 is 14.3 Å². The Kier molecular flexibility index (Phi) is 4.43. The van der Waals surface area contributed by atoms with Crippen molar-refractivity contribution in [3.05, 3.63) is 59.2 Å². The number of carbonyl (C=O) groups is 1. The van der Waals surface area contributed by atoms with Crippen LogP contribution in [0, 0.1) is 5.82 Å². The average molecular weight is 331 g/mol. The van der Waals surface area contributed by atoms with Crippen LogP contribution < -0.4 is 0 Å². The maximum atomic E-state index is 13.1. The van der Waals surface area contributed by atoms with Gasteiger partial charge in [0.05, 0.1) is 0 Å². The molecular weight excluding hydrogens is 309 g/mol. The van der Waals surface area contributed by atoms with Crippen molar-refractivity contribution in [2.24, 2.45) is 0 Å². The lowest BCUT2D eigenvalue weighted by molar-refractivity contribution is 0.0451. The van der Waals surface area contributed by atoms with E-state index >= 15 is 0 Å². The Hall–Kier alpha value is -2.18. The van der Waals surface area contributed by atoms with Crippen LogP contribution in [-0.2, 0) is 12.1 Å². The molecule has 0 spiro atoms. The topological polar surface area (TPSA) is 59.6 Å². The number of carbonyl (C=O) groups excluding carboxylic acids is 1. The van der Waals surface area contributed by atoms with Gasteiger partial charge in [-0.05, 0) is 36.2 Å². The van der Waals surface area contributed by atoms with Gasteiger partial charge in [0.1, 0.15) is 17.1 Å². The Morgan fingerprint density at radius 2 is 2.00 bits per heavy atom. The van der Waals surface area contributed by atoms with Gasteiger partial charge in [0, 0.05) is 39.4 Å². The monoisotopic (exact) mass is 331 g/mol. The van der Waals surface area contributed by atoms with E-state index in [9.17, 15) is 14.3 Å². The van der Waals surface area contributed by atoms with Crippen molar-refractivity contribution in [3.63, 3.8) is 0 Å². The number of benzene rings is 1. The van der Waals surface area contributed by atoms with E-state index in [1.54, 1.807) is 32.3 Å². The number of aromatic amines is 1. The second-order valence-corrected chi connectivity index (χ2v) is 6.60. The number of H-pyrrole nitrogens is 1. The molecule has 1 aromatic heterocycles. The Morgan fingerprint density at radius 3 is 2.67 bits per heavy atom. The largest absolute Gasteiger partial charge is 0.384 e. The van der Waals surface area contributed by atoms with E-state index < -0.39 is 5.60 Å². The van der Waals surface area contributed by atoms with Gasteiger partial charge in [0.2, 0.25) is 0 Å². The molecule has 6 heteroatoms. The molecule has 0 saturated carbocycles. The van der Waals surface area contributed by atoms with Crippen LogP contribution in [0.2, 0.25) is 0 Å². The molecule has 24 heavy (non-hydrogen) atoms. The highest BCUT2D eigenvalue weighted by molar-refractivity contribution is 5.92. The third-order valence-electron chi connectivity index (χ3n) is 4.49. The number of amides is 1. The molecule has 0 aliphatic carbocycles. The van der Waals surface area contributed by atoms with Gasteiger partial charge in [-0.15, -0.1) is 0 Å². The molecule has 1 atom stereocenters. The van der Waals surface area contributed by atoms with Crippen LogP contribution in [0.15, 0.2) is 36.4 Å². The summed E-state index contributed by atoms with van der Waals surface area (Å²) in [6.07, 6.45) is 0.600. The standard InChI is InChI=1S/C18H22FN3O2/c1-21(2)17(23)16-8-7-15(20-16)11-22-10-9-18(24,12-22)13-3-5-14(19)6-4-13/h3-8,20,24H,9-12H2,1-2H3. The first-order chi connectivity index (χ1) is 11.4. The van der Waals surface area contributed by atoms with Gasteiger partial charge in [0.25, 0.3) is 5.91 Å². The second-order valence-electron chi connectivity index (χ2n) is 6.60. The molecule has 2 N–H and O–H groups in total. The van der Waals surface area contributed by atoms with Gasteiger partial charge in [-0.25, -0.2) is 4.39 Å². The number of halogens is 1. The Balaban J connectivity index is 1.66. The lowest BCUT2D eigenvalue weighted by atomic mass is 9.93. The molecule has 1 unspecified atom stereocenters. The van der Waals surface area contributed by atoms with Gasteiger partial charge in [-0.1, -0.05) is 12.1 Å². The van der Waals surface area contributed by atoms with E-state index in [-0.39, 0.29) is 11.7 Å². The zero-order chi connectivity index (χ0) is 17.3. The molecule has 2 aromatic rings. The van der Waals surface area contributed by atoms with Crippen LogP contribution in [0.25, 0.3) is 0 Å². The van der Waals surface area contributed by atoms with E-state index in [2.05, 4.69) is 9.88 Å². The van der Waals surface area contributed by atoms with Gasteiger partial charge < -0.3 is 15.0 Å². The van der Waals surface area contributed by atoms with Gasteiger partial charge in [0.15, 0.2) is 0 Å². The quantitative estimate of drug-likeness (QED) is 0.900. The summed E-state index contributed by atoms with van der Waals surface area (Å²) in [5, 5.41) is 10.8. The fourth-order valence-corrected chi connectivity index (χ4v) is 3.14. The Labute approximate surface area is 140 Å². The van der Waals surface area contributed by atoms with Crippen molar-refractivity contribution in [3.8, 4) is 0 Å². The van der Waals surface area contributed by atoms with Crippen LogP contribution >= 0.6 is 0 Å². The summed E-state index contributed by atoms with van der Waals surface area (Å²) < 4.78 is 13.1. The number of hydrogen-bond donors (Lipinski definition) is 2.